The van der Waals surface area contributed by atoms with Crippen LogP contribution >= 0.6 is 0 Å². The molecule has 0 aromatic heterocycles. The van der Waals surface area contributed by atoms with Gasteiger partial charge in [0.05, 0.1) is 33.4 Å². The minimum atomic E-state index is -0.00715. The molecule has 2 unspecified atom stereocenters. The van der Waals surface area contributed by atoms with E-state index in [2.05, 4.69) is 24.8 Å². The van der Waals surface area contributed by atoms with E-state index in [1.165, 1.54) is 5.56 Å². The molecule has 0 aliphatic carbocycles. The third-order valence-corrected chi connectivity index (χ3v) is 6.17. The number of methoxy groups -OCH3 is 2. The van der Waals surface area contributed by atoms with Gasteiger partial charge in [-0.15, -0.1) is 0 Å². The van der Waals surface area contributed by atoms with E-state index in [0.717, 1.165) is 43.1 Å². The quantitative estimate of drug-likeness (QED) is 0.563. The van der Waals surface area contributed by atoms with Crippen LogP contribution in [-0.4, -0.2) is 68.3 Å². The Labute approximate surface area is 192 Å². The maximum Gasteiger partial charge on any atom is 0.227 e. The van der Waals surface area contributed by atoms with Crippen LogP contribution < -0.4 is 9.47 Å². The van der Waals surface area contributed by atoms with Crippen molar-refractivity contribution in [2.45, 2.75) is 45.4 Å². The maximum atomic E-state index is 13.2. The van der Waals surface area contributed by atoms with Gasteiger partial charge in [-0.25, -0.2) is 0 Å². The molecule has 32 heavy (non-hydrogen) atoms. The molecular weight excluding hydrogens is 404 g/mol. The largest absolute Gasteiger partial charge is 0.497 e. The molecule has 1 fully saturated rings. The first-order valence-electron chi connectivity index (χ1n) is 11.4. The van der Waals surface area contributed by atoms with Gasteiger partial charge in [0, 0.05) is 37.8 Å². The first kappa shape index (κ1) is 24.1. The molecule has 174 valence electrons. The van der Waals surface area contributed by atoms with Crippen LogP contribution in [0.25, 0.3) is 0 Å². The number of hydrogen-bond donors (Lipinski definition) is 0. The van der Waals surface area contributed by atoms with Gasteiger partial charge < -0.3 is 19.1 Å². The molecule has 1 saturated heterocycles. The normalized spacial score (nSPS) is 17.6. The molecule has 1 aliphatic heterocycles. The summed E-state index contributed by atoms with van der Waals surface area (Å²) in [4.78, 5) is 17.6. The van der Waals surface area contributed by atoms with Crippen molar-refractivity contribution in [1.29, 1.82) is 0 Å². The summed E-state index contributed by atoms with van der Waals surface area (Å²) in [5.74, 6) is 1.84. The Morgan fingerprint density at radius 2 is 1.91 bits per heavy atom. The molecule has 1 amide bonds. The van der Waals surface area contributed by atoms with E-state index in [0.29, 0.717) is 19.6 Å². The van der Waals surface area contributed by atoms with Crippen LogP contribution in [0, 0.1) is 0 Å². The van der Waals surface area contributed by atoms with Gasteiger partial charge in [-0.1, -0.05) is 37.3 Å². The fraction of sp³-hybridized carbons (Fsp3) is 0.500. The molecule has 0 spiro atoms. The van der Waals surface area contributed by atoms with E-state index in [-0.39, 0.29) is 18.1 Å². The molecule has 0 N–H and O–H groups in total. The summed E-state index contributed by atoms with van der Waals surface area (Å²) in [6, 6.07) is 16.0. The van der Waals surface area contributed by atoms with Gasteiger partial charge in [0.25, 0.3) is 0 Å². The first-order valence-corrected chi connectivity index (χ1v) is 11.4. The zero-order valence-electron chi connectivity index (χ0n) is 19.8. The molecule has 0 saturated carbocycles. The number of hydrogen-bond acceptors (Lipinski definition) is 5. The van der Waals surface area contributed by atoms with Crippen molar-refractivity contribution in [2.75, 3.05) is 40.5 Å². The van der Waals surface area contributed by atoms with Crippen LogP contribution in [-0.2, 0) is 22.5 Å². The number of benzene rings is 2. The second-order valence-electron chi connectivity index (χ2n) is 8.37. The van der Waals surface area contributed by atoms with Gasteiger partial charge in [0.2, 0.25) is 5.91 Å². The smallest absolute Gasteiger partial charge is 0.227 e. The third kappa shape index (κ3) is 6.47. The van der Waals surface area contributed by atoms with Gasteiger partial charge in [0.15, 0.2) is 0 Å². The van der Waals surface area contributed by atoms with E-state index >= 15 is 0 Å². The van der Waals surface area contributed by atoms with Crippen LogP contribution in [0.2, 0.25) is 0 Å². The van der Waals surface area contributed by atoms with E-state index in [1.807, 2.05) is 47.4 Å². The fourth-order valence-corrected chi connectivity index (χ4v) is 4.10. The van der Waals surface area contributed by atoms with Gasteiger partial charge in [0.1, 0.15) is 11.5 Å². The highest BCUT2D eigenvalue weighted by atomic mass is 16.5. The summed E-state index contributed by atoms with van der Waals surface area (Å²) < 4.78 is 16.8. The van der Waals surface area contributed by atoms with Gasteiger partial charge in [-0.2, -0.15) is 0 Å². The summed E-state index contributed by atoms with van der Waals surface area (Å²) in [5.41, 5.74) is 2.16. The second kappa shape index (κ2) is 11.9. The minimum absolute atomic E-state index is 0.00715. The molecule has 0 radical (unpaired) electrons. The van der Waals surface area contributed by atoms with E-state index in [4.69, 9.17) is 14.2 Å². The van der Waals surface area contributed by atoms with E-state index in [9.17, 15) is 4.79 Å². The first-order chi connectivity index (χ1) is 15.5. The Bertz CT molecular complexity index is 855. The average molecular weight is 441 g/mol. The highest BCUT2D eigenvalue weighted by Crippen LogP contribution is 2.21. The number of carbonyl (C=O) groups is 1. The number of amides is 1. The Balaban J connectivity index is 1.63. The van der Waals surface area contributed by atoms with Crippen LogP contribution in [0.1, 0.15) is 31.4 Å². The molecular formula is C26H36N2O4. The van der Waals surface area contributed by atoms with Gasteiger partial charge in [-0.3, -0.25) is 9.69 Å². The van der Waals surface area contributed by atoms with E-state index < -0.39 is 0 Å². The Kier molecular flexibility index (Phi) is 8.94. The molecule has 2 atom stereocenters. The summed E-state index contributed by atoms with van der Waals surface area (Å²) >= 11 is 0. The number of nitrogens with zero attached hydrogens (tertiary/aromatic N) is 2. The van der Waals surface area contributed by atoms with E-state index in [1.54, 1.807) is 14.2 Å². The van der Waals surface area contributed by atoms with Crippen LogP contribution in [0.4, 0.5) is 0 Å². The lowest BCUT2D eigenvalue weighted by molar-refractivity contribution is -0.136. The number of ether oxygens (including phenoxy) is 3. The molecule has 6 nitrogen and oxygen atoms in total. The molecule has 1 aliphatic rings. The van der Waals surface area contributed by atoms with Crippen molar-refractivity contribution in [3.8, 4) is 11.5 Å². The molecule has 2 aromatic carbocycles. The number of carbonyl (C=O) groups excluding carboxylic acids is 1. The van der Waals surface area contributed by atoms with Crippen molar-refractivity contribution < 1.29 is 19.0 Å². The lowest BCUT2D eigenvalue weighted by Gasteiger charge is -2.38. The third-order valence-electron chi connectivity index (χ3n) is 6.17. The molecule has 2 aromatic rings. The van der Waals surface area contributed by atoms with Crippen molar-refractivity contribution in [1.82, 2.24) is 9.80 Å². The topological polar surface area (TPSA) is 51.2 Å². The Hall–Kier alpha value is -2.57. The molecule has 0 bridgehead atoms. The molecule has 1 heterocycles. The Morgan fingerprint density at radius 3 is 2.59 bits per heavy atom. The maximum absolute atomic E-state index is 13.2. The molecule has 6 heteroatoms. The monoisotopic (exact) mass is 440 g/mol. The lowest BCUT2D eigenvalue weighted by Crippen LogP contribution is -2.50. The highest BCUT2D eigenvalue weighted by molar-refractivity contribution is 5.79. The summed E-state index contributed by atoms with van der Waals surface area (Å²) in [7, 11) is 3.35. The summed E-state index contributed by atoms with van der Waals surface area (Å²) in [6.45, 7) is 7.98. The zero-order valence-corrected chi connectivity index (χ0v) is 19.8. The predicted octanol–water partition coefficient (Wildman–Crippen LogP) is 3.77. The SMILES string of the molecule is CCC(C)N(CC1CN(Cc2ccccc2OC)CCO1)C(=O)Cc1ccc(OC)cc1. The second-order valence-corrected chi connectivity index (χ2v) is 8.37. The van der Waals surface area contributed by atoms with Crippen molar-refractivity contribution in [2.24, 2.45) is 0 Å². The highest BCUT2D eigenvalue weighted by Gasteiger charge is 2.27. The Morgan fingerprint density at radius 1 is 1.16 bits per heavy atom. The minimum Gasteiger partial charge on any atom is -0.497 e. The average Bonchev–Trinajstić information content (AvgIpc) is 2.83. The summed E-state index contributed by atoms with van der Waals surface area (Å²) in [5, 5.41) is 0. The van der Waals surface area contributed by atoms with Gasteiger partial charge >= 0.3 is 0 Å². The zero-order chi connectivity index (χ0) is 22.9. The fourth-order valence-electron chi connectivity index (χ4n) is 4.10. The van der Waals surface area contributed by atoms with Gasteiger partial charge in [-0.05, 0) is 37.1 Å². The van der Waals surface area contributed by atoms with Crippen molar-refractivity contribution in [3.63, 3.8) is 0 Å². The van der Waals surface area contributed by atoms with Crippen LogP contribution in [0.15, 0.2) is 48.5 Å². The number of morpholine rings is 1. The predicted molar refractivity (Wildman–Crippen MR) is 126 cm³/mol. The van der Waals surface area contributed by atoms with Crippen LogP contribution in [0.3, 0.4) is 0 Å². The van der Waals surface area contributed by atoms with Crippen molar-refractivity contribution >= 4 is 5.91 Å². The molecule has 3 rings (SSSR count). The number of para-hydroxylation sites is 1. The number of rotatable bonds is 10. The standard InChI is InChI=1S/C26H36N2O4/c1-5-20(2)28(26(29)16-21-10-12-23(30-3)13-11-21)19-24-18-27(14-15-32-24)17-22-8-6-7-9-25(22)31-4/h6-13,20,24H,5,14-19H2,1-4H3. The lowest BCUT2D eigenvalue weighted by atomic mass is 10.1. The summed E-state index contributed by atoms with van der Waals surface area (Å²) in [6.07, 6.45) is 1.28. The van der Waals surface area contributed by atoms with Crippen molar-refractivity contribution in [3.05, 3.63) is 59.7 Å². The van der Waals surface area contributed by atoms with Crippen LogP contribution in [0.5, 0.6) is 11.5 Å².